The van der Waals surface area contributed by atoms with Crippen molar-refractivity contribution in [2.75, 3.05) is 13.2 Å². The van der Waals surface area contributed by atoms with Crippen LogP contribution in [0.4, 0.5) is 0 Å². The van der Waals surface area contributed by atoms with Crippen molar-refractivity contribution in [3.8, 4) is 0 Å². The molecule has 0 aliphatic heterocycles. The van der Waals surface area contributed by atoms with Crippen LogP contribution in [0.5, 0.6) is 0 Å². The summed E-state index contributed by atoms with van der Waals surface area (Å²) >= 11 is 0. The number of rotatable bonds is 38. The van der Waals surface area contributed by atoms with E-state index >= 15 is 0 Å². The highest BCUT2D eigenvalue weighted by molar-refractivity contribution is 7.46. The molecular weight excluding hydrogens is 723 g/mol. The summed E-state index contributed by atoms with van der Waals surface area (Å²) in [5.41, 5.74) is 0. The maximum Gasteiger partial charge on any atom is 0.469 e. The first kappa shape index (κ1) is 53.0. The Morgan fingerprint density at radius 1 is 0.464 bits per heavy atom. The molecular formula is C47H77O8P. The summed E-state index contributed by atoms with van der Waals surface area (Å²) in [7, 11) is -4.78. The summed E-state index contributed by atoms with van der Waals surface area (Å²) in [4.78, 5) is 42.9. The molecule has 0 aliphatic carbocycles. The van der Waals surface area contributed by atoms with Gasteiger partial charge in [0.05, 0.1) is 6.61 Å². The number of ether oxygens (including phenoxy) is 2. The molecule has 0 aromatic rings. The van der Waals surface area contributed by atoms with Crippen LogP contribution in [0.15, 0.2) is 97.2 Å². The summed E-state index contributed by atoms with van der Waals surface area (Å²) in [5.74, 6) is -0.966. The zero-order valence-corrected chi connectivity index (χ0v) is 35.9. The first-order valence-corrected chi connectivity index (χ1v) is 23.1. The van der Waals surface area contributed by atoms with Gasteiger partial charge in [-0.15, -0.1) is 0 Å². The van der Waals surface area contributed by atoms with Gasteiger partial charge in [0.1, 0.15) is 6.61 Å². The van der Waals surface area contributed by atoms with Crippen LogP contribution in [0.1, 0.15) is 168 Å². The Labute approximate surface area is 341 Å². The standard InChI is InChI=1S/C47H77O8P/c1-3-5-7-9-11-13-15-17-19-21-23-25-27-29-31-33-35-37-39-41-46(48)53-43-45(44-54-56(50,51)52)55-47(49)42-40-38-36-34-32-30-28-26-24-22-20-18-16-14-12-10-8-6-4-2/h11-14,17-20,23-26,29-32,45H,3-10,15-16,21-22,27-28,33-44H2,1-2H3,(H2,50,51,52)/b13-11+,14-12+,19-17+,20-18+,25-23+,26-24+,31-29+,32-30+/t45-/m1/s1. The summed E-state index contributed by atoms with van der Waals surface area (Å²) in [6, 6.07) is 0. The molecule has 9 heteroatoms. The van der Waals surface area contributed by atoms with Crippen molar-refractivity contribution in [3.05, 3.63) is 97.2 Å². The zero-order valence-electron chi connectivity index (χ0n) is 35.0. The topological polar surface area (TPSA) is 119 Å². The van der Waals surface area contributed by atoms with Crippen LogP contribution in [0.3, 0.4) is 0 Å². The van der Waals surface area contributed by atoms with Crippen LogP contribution in [-0.4, -0.2) is 41.0 Å². The van der Waals surface area contributed by atoms with E-state index in [2.05, 4.69) is 116 Å². The molecule has 0 aromatic carbocycles. The van der Waals surface area contributed by atoms with Gasteiger partial charge in [0.15, 0.2) is 6.10 Å². The molecule has 0 unspecified atom stereocenters. The van der Waals surface area contributed by atoms with Gasteiger partial charge < -0.3 is 19.3 Å². The highest BCUT2D eigenvalue weighted by Crippen LogP contribution is 2.36. The van der Waals surface area contributed by atoms with Crippen molar-refractivity contribution < 1.29 is 37.9 Å². The van der Waals surface area contributed by atoms with E-state index in [0.29, 0.717) is 12.8 Å². The molecule has 0 saturated carbocycles. The number of phosphoric acid groups is 1. The Hall–Kier alpha value is -3.03. The predicted molar refractivity (Wildman–Crippen MR) is 234 cm³/mol. The number of allylic oxidation sites excluding steroid dienone is 16. The second-order valence-corrected chi connectivity index (χ2v) is 15.2. The molecule has 0 aromatic heterocycles. The third-order valence-electron chi connectivity index (χ3n) is 8.58. The van der Waals surface area contributed by atoms with Crippen LogP contribution in [0.25, 0.3) is 0 Å². The Morgan fingerprint density at radius 2 is 0.804 bits per heavy atom. The van der Waals surface area contributed by atoms with Gasteiger partial charge in [-0.2, -0.15) is 0 Å². The minimum Gasteiger partial charge on any atom is -0.462 e. The fourth-order valence-electron chi connectivity index (χ4n) is 5.34. The third kappa shape index (κ3) is 43.7. The van der Waals surface area contributed by atoms with Gasteiger partial charge in [0, 0.05) is 12.8 Å². The normalized spacial score (nSPS) is 13.4. The molecule has 8 nitrogen and oxygen atoms in total. The minimum absolute atomic E-state index is 0.161. The Balaban J connectivity index is 4.08. The third-order valence-corrected chi connectivity index (χ3v) is 9.06. The van der Waals surface area contributed by atoms with Crippen molar-refractivity contribution in [1.82, 2.24) is 0 Å². The molecule has 56 heavy (non-hydrogen) atoms. The van der Waals surface area contributed by atoms with E-state index in [-0.39, 0.29) is 19.4 Å². The molecule has 0 rings (SSSR count). The monoisotopic (exact) mass is 801 g/mol. The summed E-state index contributed by atoms with van der Waals surface area (Å²) in [5, 5.41) is 0. The molecule has 318 valence electrons. The fraction of sp³-hybridized carbons (Fsp3) is 0.617. The zero-order chi connectivity index (χ0) is 41.1. The number of hydrogen-bond acceptors (Lipinski definition) is 6. The Bertz CT molecular complexity index is 1220. The molecule has 0 aliphatic rings. The quantitative estimate of drug-likeness (QED) is 0.0274. The van der Waals surface area contributed by atoms with E-state index in [1.165, 1.54) is 51.4 Å². The van der Waals surface area contributed by atoms with Crippen LogP contribution < -0.4 is 0 Å². The lowest BCUT2D eigenvalue weighted by Gasteiger charge is -2.18. The molecule has 0 bridgehead atoms. The summed E-state index contributed by atoms with van der Waals surface area (Å²) in [6.45, 7) is 3.56. The van der Waals surface area contributed by atoms with Crippen LogP contribution >= 0.6 is 7.82 Å². The van der Waals surface area contributed by atoms with Crippen molar-refractivity contribution in [2.45, 2.75) is 174 Å². The van der Waals surface area contributed by atoms with Gasteiger partial charge in [-0.3, -0.25) is 14.1 Å². The molecule has 0 saturated heterocycles. The second kappa shape index (κ2) is 41.6. The molecule has 2 N–H and O–H groups in total. The van der Waals surface area contributed by atoms with Crippen molar-refractivity contribution in [1.29, 1.82) is 0 Å². The van der Waals surface area contributed by atoms with E-state index in [1.807, 2.05) is 0 Å². The summed E-state index contributed by atoms with van der Waals surface area (Å²) in [6.07, 6.45) is 56.9. The predicted octanol–water partition coefficient (Wildman–Crippen LogP) is 13.4. The van der Waals surface area contributed by atoms with Crippen LogP contribution in [0, 0.1) is 0 Å². The van der Waals surface area contributed by atoms with Gasteiger partial charge in [-0.25, -0.2) is 4.57 Å². The molecule has 1 atom stereocenters. The molecule has 0 amide bonds. The van der Waals surface area contributed by atoms with Crippen molar-refractivity contribution >= 4 is 19.8 Å². The van der Waals surface area contributed by atoms with Gasteiger partial charge in [0.2, 0.25) is 0 Å². The van der Waals surface area contributed by atoms with E-state index < -0.39 is 32.5 Å². The lowest BCUT2D eigenvalue weighted by atomic mass is 10.1. The van der Waals surface area contributed by atoms with E-state index in [0.717, 1.165) is 77.0 Å². The highest BCUT2D eigenvalue weighted by Gasteiger charge is 2.22. The fourth-order valence-corrected chi connectivity index (χ4v) is 5.70. The van der Waals surface area contributed by atoms with Gasteiger partial charge in [-0.1, -0.05) is 150 Å². The highest BCUT2D eigenvalue weighted by atomic mass is 31.2. The Kier molecular flexibility index (Phi) is 39.3. The van der Waals surface area contributed by atoms with E-state index in [9.17, 15) is 14.2 Å². The van der Waals surface area contributed by atoms with Crippen LogP contribution in [0.2, 0.25) is 0 Å². The van der Waals surface area contributed by atoms with Crippen molar-refractivity contribution in [3.63, 3.8) is 0 Å². The maximum absolute atomic E-state index is 12.4. The van der Waals surface area contributed by atoms with Crippen LogP contribution in [-0.2, 0) is 28.2 Å². The molecule has 0 spiro atoms. The number of hydrogen-bond donors (Lipinski definition) is 2. The number of esters is 2. The second-order valence-electron chi connectivity index (χ2n) is 14.0. The lowest BCUT2D eigenvalue weighted by molar-refractivity contribution is -0.161. The van der Waals surface area contributed by atoms with Crippen molar-refractivity contribution in [2.24, 2.45) is 0 Å². The first-order valence-electron chi connectivity index (χ1n) is 21.5. The Morgan fingerprint density at radius 3 is 1.16 bits per heavy atom. The van der Waals surface area contributed by atoms with Gasteiger partial charge in [0.25, 0.3) is 0 Å². The average molecular weight is 801 g/mol. The van der Waals surface area contributed by atoms with Gasteiger partial charge >= 0.3 is 19.8 Å². The van der Waals surface area contributed by atoms with E-state index in [1.54, 1.807) is 0 Å². The van der Waals surface area contributed by atoms with E-state index in [4.69, 9.17) is 19.3 Å². The van der Waals surface area contributed by atoms with Gasteiger partial charge in [-0.05, 0) is 103 Å². The number of carbonyl (C=O) groups excluding carboxylic acids is 2. The summed E-state index contributed by atoms with van der Waals surface area (Å²) < 4.78 is 26.4. The lowest BCUT2D eigenvalue weighted by Crippen LogP contribution is -2.29. The largest absolute Gasteiger partial charge is 0.469 e. The molecule has 0 fully saturated rings. The molecule has 0 radical (unpaired) electrons. The number of phosphoric ester groups is 1. The first-order chi connectivity index (χ1) is 27.3. The average Bonchev–Trinajstić information content (AvgIpc) is 3.17. The maximum atomic E-state index is 12.4. The number of unbranched alkanes of at least 4 members (excludes halogenated alkanes) is 12. The molecule has 0 heterocycles. The minimum atomic E-state index is -4.78. The number of carbonyl (C=O) groups is 2. The smallest absolute Gasteiger partial charge is 0.462 e. The SMILES string of the molecule is CCCCC/C=C/C/C=C/C/C=C/C/C=C/CCCCCC(=O)OC[C@H](COP(=O)(O)O)OC(=O)CCCCC/C=C/C/C=C/C/C=C/C/C=C/CCCCC.